The fourth-order valence-corrected chi connectivity index (χ4v) is 2.33. The SMILES string of the molecule is CC(C)CC(=O)Nc1ccc(Nc2cc(Cl)cc(Cl)c2)nn1. The average molecular weight is 339 g/mol. The summed E-state index contributed by atoms with van der Waals surface area (Å²) in [6.45, 7) is 3.96. The molecule has 0 atom stereocenters. The van der Waals surface area contributed by atoms with E-state index in [1.54, 1.807) is 30.3 Å². The van der Waals surface area contributed by atoms with Crippen molar-refractivity contribution >= 4 is 46.4 Å². The number of aromatic nitrogens is 2. The average Bonchev–Trinajstić information content (AvgIpc) is 2.39. The smallest absolute Gasteiger partial charge is 0.225 e. The highest BCUT2D eigenvalue weighted by Gasteiger charge is 2.07. The van der Waals surface area contributed by atoms with Crippen LogP contribution in [0.5, 0.6) is 0 Å². The minimum atomic E-state index is -0.0772. The Labute approximate surface area is 139 Å². The molecule has 1 amide bonds. The van der Waals surface area contributed by atoms with Crippen LogP contribution in [0.3, 0.4) is 0 Å². The van der Waals surface area contributed by atoms with Crippen LogP contribution in [0.15, 0.2) is 30.3 Å². The van der Waals surface area contributed by atoms with Crippen LogP contribution in [0.25, 0.3) is 0 Å². The van der Waals surface area contributed by atoms with Crippen molar-refractivity contribution in [2.75, 3.05) is 10.6 Å². The zero-order chi connectivity index (χ0) is 16.1. The quantitative estimate of drug-likeness (QED) is 0.841. The Morgan fingerprint density at radius 2 is 1.68 bits per heavy atom. The number of nitrogens with one attached hydrogen (secondary N) is 2. The molecule has 5 nitrogen and oxygen atoms in total. The van der Waals surface area contributed by atoms with E-state index < -0.39 is 0 Å². The maximum atomic E-state index is 11.6. The molecule has 22 heavy (non-hydrogen) atoms. The first-order valence-corrected chi connectivity index (χ1v) is 7.54. The number of halogens is 2. The highest BCUT2D eigenvalue weighted by atomic mass is 35.5. The molecule has 0 aliphatic carbocycles. The molecule has 2 rings (SSSR count). The predicted molar refractivity (Wildman–Crippen MR) is 89.9 cm³/mol. The van der Waals surface area contributed by atoms with E-state index in [4.69, 9.17) is 23.2 Å². The Morgan fingerprint density at radius 1 is 1.09 bits per heavy atom. The number of hydrogen-bond acceptors (Lipinski definition) is 4. The number of carbonyl (C=O) groups excluding carboxylic acids is 1. The van der Waals surface area contributed by atoms with Gasteiger partial charge in [-0.05, 0) is 36.2 Å². The summed E-state index contributed by atoms with van der Waals surface area (Å²) in [6, 6.07) is 8.50. The van der Waals surface area contributed by atoms with E-state index in [-0.39, 0.29) is 5.91 Å². The van der Waals surface area contributed by atoms with Crippen LogP contribution >= 0.6 is 23.2 Å². The third kappa shape index (κ3) is 5.16. The molecule has 7 heteroatoms. The van der Waals surface area contributed by atoms with Gasteiger partial charge in [-0.2, -0.15) is 0 Å². The van der Waals surface area contributed by atoms with Gasteiger partial charge in [0.2, 0.25) is 5.91 Å². The summed E-state index contributed by atoms with van der Waals surface area (Å²) in [4.78, 5) is 11.6. The van der Waals surface area contributed by atoms with Gasteiger partial charge in [0.1, 0.15) is 0 Å². The van der Waals surface area contributed by atoms with Crippen molar-refractivity contribution in [3.8, 4) is 0 Å². The van der Waals surface area contributed by atoms with Gasteiger partial charge < -0.3 is 10.6 Å². The van der Waals surface area contributed by atoms with E-state index in [0.717, 1.165) is 0 Å². The van der Waals surface area contributed by atoms with Gasteiger partial charge in [-0.15, -0.1) is 10.2 Å². The number of hydrogen-bond donors (Lipinski definition) is 2. The van der Waals surface area contributed by atoms with E-state index in [2.05, 4.69) is 20.8 Å². The second-order valence-corrected chi connectivity index (χ2v) is 6.11. The lowest BCUT2D eigenvalue weighted by Gasteiger charge is -2.08. The number of carbonyl (C=O) groups is 1. The molecule has 2 aromatic rings. The molecule has 1 heterocycles. The van der Waals surface area contributed by atoms with Crippen LogP contribution < -0.4 is 10.6 Å². The molecular formula is C15H16Cl2N4O. The molecular weight excluding hydrogens is 323 g/mol. The van der Waals surface area contributed by atoms with Gasteiger partial charge in [0.05, 0.1) is 0 Å². The van der Waals surface area contributed by atoms with Crippen molar-refractivity contribution in [2.45, 2.75) is 20.3 Å². The third-order valence-electron chi connectivity index (χ3n) is 2.66. The van der Waals surface area contributed by atoms with Crippen molar-refractivity contribution < 1.29 is 4.79 Å². The van der Waals surface area contributed by atoms with Gasteiger partial charge in [-0.1, -0.05) is 37.0 Å². The number of anilines is 3. The first-order valence-electron chi connectivity index (χ1n) is 6.79. The minimum Gasteiger partial charge on any atom is -0.339 e. The van der Waals surface area contributed by atoms with Crippen LogP contribution in [0.1, 0.15) is 20.3 Å². The molecule has 0 aliphatic heterocycles. The lowest BCUT2D eigenvalue weighted by atomic mass is 10.1. The van der Waals surface area contributed by atoms with Gasteiger partial charge >= 0.3 is 0 Å². The molecule has 0 bridgehead atoms. The van der Waals surface area contributed by atoms with E-state index in [1.165, 1.54) is 0 Å². The van der Waals surface area contributed by atoms with Crippen molar-refractivity contribution in [3.05, 3.63) is 40.4 Å². The third-order valence-corrected chi connectivity index (χ3v) is 3.10. The zero-order valence-electron chi connectivity index (χ0n) is 12.2. The van der Waals surface area contributed by atoms with Crippen LogP contribution in [0, 0.1) is 5.92 Å². The van der Waals surface area contributed by atoms with E-state index >= 15 is 0 Å². The fraction of sp³-hybridized carbons (Fsp3) is 0.267. The van der Waals surface area contributed by atoms with Gasteiger partial charge in [-0.3, -0.25) is 4.79 Å². The topological polar surface area (TPSA) is 66.9 Å². The highest BCUT2D eigenvalue weighted by Crippen LogP contribution is 2.24. The van der Waals surface area contributed by atoms with Crippen molar-refractivity contribution in [1.82, 2.24) is 10.2 Å². The second-order valence-electron chi connectivity index (χ2n) is 5.23. The van der Waals surface area contributed by atoms with Crippen molar-refractivity contribution in [1.29, 1.82) is 0 Å². The number of amides is 1. The summed E-state index contributed by atoms with van der Waals surface area (Å²) in [5.41, 5.74) is 0.711. The summed E-state index contributed by atoms with van der Waals surface area (Å²) >= 11 is 11.9. The normalized spacial score (nSPS) is 10.6. The summed E-state index contributed by atoms with van der Waals surface area (Å²) in [6.07, 6.45) is 0.447. The number of benzene rings is 1. The number of nitrogens with zero attached hydrogens (tertiary/aromatic N) is 2. The zero-order valence-corrected chi connectivity index (χ0v) is 13.7. The standard InChI is InChI=1S/C15H16Cl2N4O/c1-9(2)5-15(22)19-14-4-3-13(20-21-14)18-12-7-10(16)6-11(17)8-12/h3-4,6-9H,5H2,1-2H3,(H,18,20)(H,19,21,22). The van der Waals surface area contributed by atoms with E-state index in [9.17, 15) is 4.79 Å². The Balaban J connectivity index is 2.01. The maximum Gasteiger partial charge on any atom is 0.225 e. The Morgan fingerprint density at radius 3 is 2.23 bits per heavy atom. The molecule has 0 radical (unpaired) electrons. The molecule has 0 saturated heterocycles. The molecule has 0 spiro atoms. The Bertz CT molecular complexity index is 639. The van der Waals surface area contributed by atoms with E-state index in [0.29, 0.717) is 39.7 Å². The van der Waals surface area contributed by atoms with Gasteiger partial charge in [0, 0.05) is 22.2 Å². The minimum absolute atomic E-state index is 0.0772. The first kappa shape index (κ1) is 16.5. The predicted octanol–water partition coefficient (Wildman–Crippen LogP) is 4.51. The number of rotatable bonds is 5. The van der Waals surface area contributed by atoms with Gasteiger partial charge in [0.25, 0.3) is 0 Å². The van der Waals surface area contributed by atoms with Crippen molar-refractivity contribution in [3.63, 3.8) is 0 Å². The molecule has 1 aromatic carbocycles. The lowest BCUT2D eigenvalue weighted by Crippen LogP contribution is -2.15. The first-order chi connectivity index (χ1) is 10.4. The fourth-order valence-electron chi connectivity index (χ4n) is 1.80. The molecule has 0 aliphatic rings. The second kappa shape index (κ2) is 7.42. The molecule has 2 N–H and O–H groups in total. The largest absolute Gasteiger partial charge is 0.339 e. The van der Waals surface area contributed by atoms with Gasteiger partial charge in [-0.25, -0.2) is 0 Å². The van der Waals surface area contributed by atoms with Gasteiger partial charge in [0.15, 0.2) is 11.6 Å². The Hall–Kier alpha value is -1.85. The van der Waals surface area contributed by atoms with Crippen LogP contribution in [-0.2, 0) is 4.79 Å². The summed E-state index contributed by atoms with van der Waals surface area (Å²) < 4.78 is 0. The maximum absolute atomic E-state index is 11.6. The van der Waals surface area contributed by atoms with Crippen LogP contribution in [0.4, 0.5) is 17.3 Å². The van der Waals surface area contributed by atoms with Crippen molar-refractivity contribution in [2.24, 2.45) is 5.92 Å². The van der Waals surface area contributed by atoms with E-state index in [1.807, 2.05) is 13.8 Å². The monoisotopic (exact) mass is 338 g/mol. The molecule has 116 valence electrons. The molecule has 0 saturated carbocycles. The summed E-state index contributed by atoms with van der Waals surface area (Å²) in [7, 11) is 0. The Kier molecular flexibility index (Phi) is 5.57. The molecule has 1 aromatic heterocycles. The summed E-state index contributed by atoms with van der Waals surface area (Å²) in [5.74, 6) is 1.16. The summed E-state index contributed by atoms with van der Waals surface area (Å²) in [5, 5.41) is 14.8. The highest BCUT2D eigenvalue weighted by molar-refractivity contribution is 6.35. The van der Waals surface area contributed by atoms with Crippen LogP contribution in [-0.4, -0.2) is 16.1 Å². The molecule has 0 unspecified atom stereocenters. The lowest BCUT2D eigenvalue weighted by molar-refractivity contribution is -0.116. The molecule has 0 fully saturated rings. The van der Waals surface area contributed by atoms with Crippen LogP contribution in [0.2, 0.25) is 10.0 Å².